The maximum absolute atomic E-state index is 12.7. The second kappa shape index (κ2) is 18.6. The Balaban J connectivity index is 1.94. The zero-order valence-corrected chi connectivity index (χ0v) is 25.9. The number of aliphatic imine (C=N–C) groups is 1. The second-order valence-electron chi connectivity index (χ2n) is 9.60. The number of nitrogens with one attached hydrogen (secondary N) is 2. The van der Waals surface area contributed by atoms with Crippen LogP contribution < -0.4 is 41.0 Å². The largest absolute Gasteiger partial charge is 0.495 e. The lowest BCUT2D eigenvalue weighted by Gasteiger charge is -2.16. The number of methoxy groups -OCH3 is 5. The first-order chi connectivity index (χ1) is 21.1. The molecule has 44 heavy (non-hydrogen) atoms. The maximum atomic E-state index is 12.7. The van der Waals surface area contributed by atoms with Crippen LogP contribution in [0.1, 0.15) is 49.7 Å². The van der Waals surface area contributed by atoms with Crippen molar-refractivity contribution in [2.75, 3.05) is 47.4 Å². The lowest BCUT2D eigenvalue weighted by Crippen LogP contribution is -2.41. The molecule has 0 unspecified atom stereocenters. The number of esters is 1. The first kappa shape index (κ1) is 35.3. The number of carbonyl (C=O) groups is 3. The third-order valence-electron chi connectivity index (χ3n) is 6.48. The Morgan fingerprint density at radius 3 is 1.98 bits per heavy atom. The molecular weight excluding hydrogens is 570 g/mol. The number of rotatable bonds is 18. The third-order valence-corrected chi connectivity index (χ3v) is 6.48. The fourth-order valence-electron chi connectivity index (χ4n) is 4.26. The summed E-state index contributed by atoms with van der Waals surface area (Å²) in [5.41, 5.74) is 12.8. The quantitative estimate of drug-likeness (QED) is 0.0640. The van der Waals surface area contributed by atoms with Crippen molar-refractivity contribution < 1.29 is 38.1 Å². The van der Waals surface area contributed by atoms with Gasteiger partial charge >= 0.3 is 5.97 Å². The van der Waals surface area contributed by atoms with E-state index in [0.29, 0.717) is 60.9 Å². The van der Waals surface area contributed by atoms with Crippen molar-refractivity contribution in [2.45, 2.75) is 44.6 Å². The SMILES string of the molecule is COC(=O)[C@H](CCCN=C(N)N)NC(=O)CCCCC(=O)Nc1cc(/C=C\c2cc(OC)c(OC)c(OC)c2)ccc1OC. The number of amides is 2. The highest BCUT2D eigenvalue weighted by Crippen LogP contribution is 2.38. The van der Waals surface area contributed by atoms with Crippen molar-refractivity contribution in [1.29, 1.82) is 0 Å². The van der Waals surface area contributed by atoms with Crippen LogP contribution in [0.5, 0.6) is 23.0 Å². The van der Waals surface area contributed by atoms with Crippen molar-refractivity contribution in [3.63, 3.8) is 0 Å². The van der Waals surface area contributed by atoms with Gasteiger partial charge in [-0.2, -0.15) is 0 Å². The van der Waals surface area contributed by atoms with Gasteiger partial charge in [-0.25, -0.2) is 4.79 Å². The average Bonchev–Trinajstić information content (AvgIpc) is 3.02. The fourth-order valence-corrected chi connectivity index (χ4v) is 4.26. The summed E-state index contributed by atoms with van der Waals surface area (Å²) in [7, 11) is 7.44. The highest BCUT2D eigenvalue weighted by atomic mass is 16.5. The number of nitrogens with zero attached hydrogens (tertiary/aromatic N) is 1. The van der Waals surface area contributed by atoms with Crippen LogP contribution >= 0.6 is 0 Å². The summed E-state index contributed by atoms with van der Waals surface area (Å²) in [6.45, 7) is 0.331. The van der Waals surface area contributed by atoms with E-state index in [1.807, 2.05) is 30.4 Å². The summed E-state index contributed by atoms with van der Waals surface area (Å²) in [4.78, 5) is 41.0. The zero-order chi connectivity index (χ0) is 32.5. The molecule has 0 aliphatic heterocycles. The van der Waals surface area contributed by atoms with Crippen LogP contribution in [0.3, 0.4) is 0 Å². The van der Waals surface area contributed by atoms with E-state index in [4.69, 9.17) is 35.2 Å². The van der Waals surface area contributed by atoms with Crippen LogP contribution in [0.2, 0.25) is 0 Å². The molecule has 0 aromatic heterocycles. The Bertz CT molecular complexity index is 1300. The number of anilines is 1. The number of ether oxygens (including phenoxy) is 5. The molecule has 2 rings (SSSR count). The standard InChI is InChI=1S/C31H43N5O8/c1-40-24-15-14-20(12-13-21-18-25(41-2)29(43-4)26(19-21)42-3)17-23(24)36-28(38)11-7-6-10-27(37)35-22(30(39)44-5)9-8-16-34-31(32)33/h12-15,17-19,22H,6-11,16H2,1-5H3,(H,35,37)(H,36,38)(H4,32,33,34)/b13-12-/t22-/m0/s1. The zero-order valence-electron chi connectivity index (χ0n) is 25.9. The number of guanidine groups is 1. The molecule has 13 nitrogen and oxygen atoms in total. The summed E-state index contributed by atoms with van der Waals surface area (Å²) in [5.74, 6) is 0.974. The Labute approximate surface area is 257 Å². The van der Waals surface area contributed by atoms with Crippen LogP contribution in [0.4, 0.5) is 5.69 Å². The predicted molar refractivity (Wildman–Crippen MR) is 169 cm³/mol. The molecule has 0 spiro atoms. The van der Waals surface area contributed by atoms with E-state index >= 15 is 0 Å². The van der Waals surface area contributed by atoms with E-state index in [1.54, 1.807) is 33.5 Å². The molecule has 0 aliphatic carbocycles. The highest BCUT2D eigenvalue weighted by molar-refractivity contribution is 5.93. The second-order valence-corrected chi connectivity index (χ2v) is 9.60. The van der Waals surface area contributed by atoms with E-state index in [9.17, 15) is 14.4 Å². The molecule has 13 heteroatoms. The Morgan fingerprint density at radius 1 is 0.795 bits per heavy atom. The first-order valence-electron chi connectivity index (χ1n) is 14.0. The van der Waals surface area contributed by atoms with Crippen molar-refractivity contribution >= 4 is 41.6 Å². The number of nitrogens with two attached hydrogens (primary N) is 2. The van der Waals surface area contributed by atoms with E-state index in [1.165, 1.54) is 14.2 Å². The monoisotopic (exact) mass is 613 g/mol. The third kappa shape index (κ3) is 11.4. The minimum Gasteiger partial charge on any atom is -0.495 e. The lowest BCUT2D eigenvalue weighted by atomic mass is 10.1. The molecule has 240 valence electrons. The molecule has 1 atom stereocenters. The van der Waals surface area contributed by atoms with Gasteiger partial charge < -0.3 is 45.8 Å². The number of unbranched alkanes of at least 4 members (excludes halogenated alkanes) is 1. The molecule has 0 saturated heterocycles. The Hall–Kier alpha value is -4.94. The first-order valence-corrected chi connectivity index (χ1v) is 14.0. The summed E-state index contributed by atoms with van der Waals surface area (Å²) in [5, 5.41) is 5.57. The van der Waals surface area contributed by atoms with E-state index in [-0.39, 0.29) is 30.6 Å². The number of hydrogen-bond acceptors (Lipinski definition) is 9. The van der Waals surface area contributed by atoms with Crippen LogP contribution in [0, 0.1) is 0 Å². The molecule has 0 heterocycles. The molecule has 0 fully saturated rings. The van der Waals surface area contributed by atoms with Gasteiger partial charge in [0.25, 0.3) is 0 Å². The number of hydrogen-bond donors (Lipinski definition) is 4. The van der Waals surface area contributed by atoms with Crippen LogP contribution in [-0.4, -0.2) is 71.9 Å². The van der Waals surface area contributed by atoms with Gasteiger partial charge in [-0.15, -0.1) is 0 Å². The Morgan fingerprint density at radius 2 is 1.41 bits per heavy atom. The van der Waals surface area contributed by atoms with Gasteiger partial charge in [-0.05, 0) is 61.1 Å². The van der Waals surface area contributed by atoms with Gasteiger partial charge in [-0.1, -0.05) is 18.2 Å². The normalized spacial score (nSPS) is 11.3. The molecule has 2 amide bonds. The van der Waals surface area contributed by atoms with Crippen molar-refractivity contribution in [2.24, 2.45) is 16.5 Å². The van der Waals surface area contributed by atoms with Gasteiger partial charge in [0.15, 0.2) is 17.5 Å². The summed E-state index contributed by atoms with van der Waals surface area (Å²) < 4.78 is 26.4. The van der Waals surface area contributed by atoms with Crippen LogP contribution in [0.25, 0.3) is 12.2 Å². The van der Waals surface area contributed by atoms with Crippen molar-refractivity contribution in [1.82, 2.24) is 5.32 Å². The molecule has 6 N–H and O–H groups in total. The molecule has 2 aromatic carbocycles. The highest BCUT2D eigenvalue weighted by Gasteiger charge is 2.21. The molecular formula is C31H43N5O8. The fraction of sp³-hybridized carbons (Fsp3) is 0.419. The molecule has 0 bridgehead atoms. The molecule has 0 aliphatic rings. The van der Waals surface area contributed by atoms with E-state index in [0.717, 1.165) is 11.1 Å². The van der Waals surface area contributed by atoms with Crippen molar-refractivity contribution in [3.05, 3.63) is 41.5 Å². The van der Waals surface area contributed by atoms with Gasteiger partial charge in [0.1, 0.15) is 11.8 Å². The number of carbonyl (C=O) groups excluding carboxylic acids is 3. The molecule has 0 radical (unpaired) electrons. The topological polar surface area (TPSA) is 186 Å². The average molecular weight is 614 g/mol. The van der Waals surface area contributed by atoms with Gasteiger partial charge in [0.05, 0.1) is 41.2 Å². The molecule has 2 aromatic rings. The predicted octanol–water partition coefficient (Wildman–Crippen LogP) is 3.10. The van der Waals surface area contributed by atoms with Gasteiger partial charge in [0.2, 0.25) is 17.6 Å². The minimum absolute atomic E-state index is 0.0387. The maximum Gasteiger partial charge on any atom is 0.328 e. The van der Waals surface area contributed by atoms with E-state index < -0.39 is 12.0 Å². The van der Waals surface area contributed by atoms with Gasteiger partial charge in [-0.3, -0.25) is 14.6 Å². The van der Waals surface area contributed by atoms with Gasteiger partial charge in [0, 0.05) is 19.4 Å². The summed E-state index contributed by atoms with van der Waals surface area (Å²) >= 11 is 0. The van der Waals surface area contributed by atoms with E-state index in [2.05, 4.69) is 15.6 Å². The minimum atomic E-state index is -0.799. The van der Waals surface area contributed by atoms with Crippen LogP contribution in [-0.2, 0) is 19.1 Å². The number of benzene rings is 2. The Kier molecular flexibility index (Phi) is 14.9. The van der Waals surface area contributed by atoms with Crippen LogP contribution in [0.15, 0.2) is 35.3 Å². The summed E-state index contributed by atoms with van der Waals surface area (Å²) in [6, 6.07) is 8.30. The summed E-state index contributed by atoms with van der Waals surface area (Å²) in [6.07, 6.45) is 5.86. The molecule has 0 saturated carbocycles. The lowest BCUT2D eigenvalue weighted by molar-refractivity contribution is -0.145. The smallest absolute Gasteiger partial charge is 0.328 e. The van der Waals surface area contributed by atoms with Crippen molar-refractivity contribution in [3.8, 4) is 23.0 Å².